The monoisotopic (exact) mass is 262 g/mol. The first-order valence-corrected chi connectivity index (χ1v) is 5.91. The molecule has 0 atom stereocenters. The summed E-state index contributed by atoms with van der Waals surface area (Å²) in [5, 5.41) is 17.2. The van der Waals surface area contributed by atoms with Gasteiger partial charge in [-0.3, -0.25) is 0 Å². The molecule has 1 aromatic rings. The van der Waals surface area contributed by atoms with E-state index in [1.807, 2.05) is 13.0 Å². The Balaban J connectivity index is 3.15. The molecule has 0 aliphatic rings. The maximum absolute atomic E-state index is 13.9. The number of aliphatic carboxylic acids is 1. The third kappa shape index (κ3) is 4.11. The van der Waals surface area contributed by atoms with Crippen LogP contribution in [0.2, 0.25) is 0 Å². The van der Waals surface area contributed by atoms with Crippen molar-refractivity contribution < 1.29 is 14.3 Å². The van der Waals surface area contributed by atoms with Gasteiger partial charge in [-0.25, -0.2) is 9.18 Å². The Kier molecular flexibility index (Phi) is 5.55. The number of hydrogen-bond donors (Lipinski definition) is 1. The number of nitriles is 1. The number of benzene rings is 1. The van der Waals surface area contributed by atoms with Gasteiger partial charge < -0.3 is 10.0 Å². The number of nitrogens with zero attached hydrogens (tertiary/aromatic N) is 2. The van der Waals surface area contributed by atoms with Gasteiger partial charge >= 0.3 is 5.97 Å². The molecule has 0 aliphatic heterocycles. The molecular formula is C14H15FN2O2. The first-order valence-electron chi connectivity index (χ1n) is 5.91. The van der Waals surface area contributed by atoms with Gasteiger partial charge in [0.25, 0.3) is 0 Å². The predicted octanol–water partition coefficient (Wildman–Crippen LogP) is 2.66. The number of hydrogen-bond acceptors (Lipinski definition) is 3. The van der Waals surface area contributed by atoms with Crippen LogP contribution in [0.3, 0.4) is 0 Å². The number of carbonyl (C=O) groups is 1. The fourth-order valence-corrected chi connectivity index (χ4v) is 1.77. The number of para-hydroxylation sites is 1. The molecule has 0 aliphatic carbocycles. The molecule has 1 aromatic carbocycles. The second kappa shape index (κ2) is 7.17. The lowest BCUT2D eigenvalue weighted by atomic mass is 10.1. The minimum atomic E-state index is -1.09. The second-order valence-electron chi connectivity index (χ2n) is 3.84. The minimum absolute atomic E-state index is 0.282. The van der Waals surface area contributed by atoms with Crippen LogP contribution in [0.15, 0.2) is 24.3 Å². The van der Waals surface area contributed by atoms with Crippen LogP contribution in [-0.2, 0) is 4.79 Å². The Morgan fingerprint density at radius 3 is 2.89 bits per heavy atom. The van der Waals surface area contributed by atoms with E-state index in [1.54, 1.807) is 11.0 Å². The summed E-state index contributed by atoms with van der Waals surface area (Å²) in [6, 6.07) is 6.51. The fourth-order valence-electron chi connectivity index (χ4n) is 1.77. The normalized spacial score (nSPS) is 10.4. The molecule has 1 rings (SSSR count). The molecule has 5 heteroatoms. The Hall–Kier alpha value is -2.35. The van der Waals surface area contributed by atoms with Crippen molar-refractivity contribution in [3.63, 3.8) is 0 Å². The number of anilines is 1. The Morgan fingerprint density at radius 2 is 2.32 bits per heavy atom. The molecule has 0 saturated carbocycles. The number of halogens is 1. The largest absolute Gasteiger partial charge is 0.478 e. The summed E-state index contributed by atoms with van der Waals surface area (Å²) < 4.78 is 13.9. The van der Waals surface area contributed by atoms with Crippen LogP contribution in [0, 0.1) is 17.1 Å². The third-order valence-electron chi connectivity index (χ3n) is 2.61. The fraction of sp³-hybridized carbons (Fsp3) is 0.286. The SMILES string of the molecule is CCN(CCC#N)c1c(F)cccc1/C=C/C(=O)O. The first kappa shape index (κ1) is 14.7. The van der Waals surface area contributed by atoms with Crippen LogP contribution in [0.5, 0.6) is 0 Å². The van der Waals surface area contributed by atoms with Gasteiger partial charge in [0.1, 0.15) is 5.82 Å². The van der Waals surface area contributed by atoms with Crippen LogP contribution in [0.25, 0.3) is 6.08 Å². The molecule has 19 heavy (non-hydrogen) atoms. The molecule has 0 radical (unpaired) electrons. The maximum atomic E-state index is 13.9. The van der Waals surface area contributed by atoms with Crippen molar-refractivity contribution >= 4 is 17.7 Å². The summed E-state index contributed by atoms with van der Waals surface area (Å²) in [6.07, 6.45) is 2.61. The summed E-state index contributed by atoms with van der Waals surface area (Å²) in [6.45, 7) is 2.80. The van der Waals surface area contributed by atoms with Crippen LogP contribution in [0.1, 0.15) is 18.9 Å². The van der Waals surface area contributed by atoms with Crippen molar-refractivity contribution in [2.24, 2.45) is 0 Å². The highest BCUT2D eigenvalue weighted by Crippen LogP contribution is 2.25. The van der Waals surface area contributed by atoms with Gasteiger partial charge in [0.2, 0.25) is 0 Å². The van der Waals surface area contributed by atoms with Crippen LogP contribution < -0.4 is 4.90 Å². The molecule has 0 spiro atoms. The molecule has 0 saturated heterocycles. The van der Waals surface area contributed by atoms with Crippen LogP contribution in [0.4, 0.5) is 10.1 Å². The zero-order chi connectivity index (χ0) is 14.3. The Morgan fingerprint density at radius 1 is 1.58 bits per heavy atom. The van der Waals surface area contributed by atoms with E-state index in [9.17, 15) is 9.18 Å². The van der Waals surface area contributed by atoms with E-state index >= 15 is 0 Å². The van der Waals surface area contributed by atoms with Crippen molar-refractivity contribution in [2.45, 2.75) is 13.3 Å². The topological polar surface area (TPSA) is 64.3 Å². The molecule has 1 N–H and O–H groups in total. The van der Waals surface area contributed by atoms with Crippen molar-refractivity contribution in [2.75, 3.05) is 18.0 Å². The molecule has 0 heterocycles. The lowest BCUT2D eigenvalue weighted by Crippen LogP contribution is -2.25. The van der Waals surface area contributed by atoms with E-state index in [1.165, 1.54) is 18.2 Å². The lowest BCUT2D eigenvalue weighted by molar-refractivity contribution is -0.131. The van der Waals surface area contributed by atoms with Gasteiger partial charge in [-0.15, -0.1) is 0 Å². The zero-order valence-electron chi connectivity index (χ0n) is 10.6. The standard InChI is InChI=1S/C14H15FN2O2/c1-2-17(10-4-9-16)14-11(7-8-13(18)19)5-3-6-12(14)15/h3,5-8H,2,4,10H2,1H3,(H,18,19)/b8-7+. The highest BCUT2D eigenvalue weighted by Gasteiger charge is 2.13. The Labute approximate surface area is 111 Å². The summed E-state index contributed by atoms with van der Waals surface area (Å²) in [5.74, 6) is -1.51. The number of rotatable bonds is 6. The van der Waals surface area contributed by atoms with E-state index in [4.69, 9.17) is 10.4 Å². The zero-order valence-corrected chi connectivity index (χ0v) is 10.6. The van der Waals surface area contributed by atoms with Gasteiger partial charge in [0.15, 0.2) is 0 Å². The molecule has 0 bridgehead atoms. The third-order valence-corrected chi connectivity index (χ3v) is 2.61. The van der Waals surface area contributed by atoms with Crippen LogP contribution in [-0.4, -0.2) is 24.2 Å². The lowest BCUT2D eigenvalue weighted by Gasteiger charge is -2.24. The van der Waals surface area contributed by atoms with Gasteiger partial charge in [-0.1, -0.05) is 12.1 Å². The Bertz CT molecular complexity index is 521. The first-order chi connectivity index (χ1) is 9.10. The van der Waals surface area contributed by atoms with E-state index in [0.717, 1.165) is 6.08 Å². The smallest absolute Gasteiger partial charge is 0.328 e. The summed E-state index contributed by atoms with van der Waals surface area (Å²) in [5.41, 5.74) is 0.819. The summed E-state index contributed by atoms with van der Waals surface area (Å²) >= 11 is 0. The van der Waals surface area contributed by atoms with Gasteiger partial charge in [-0.2, -0.15) is 5.26 Å². The van der Waals surface area contributed by atoms with Crippen LogP contribution >= 0.6 is 0 Å². The van der Waals surface area contributed by atoms with Gasteiger partial charge in [-0.05, 0) is 19.1 Å². The summed E-state index contributed by atoms with van der Waals surface area (Å²) in [4.78, 5) is 12.3. The van der Waals surface area contributed by atoms with Crippen molar-refractivity contribution in [1.82, 2.24) is 0 Å². The van der Waals surface area contributed by atoms with E-state index in [2.05, 4.69) is 0 Å². The average Bonchev–Trinajstić information content (AvgIpc) is 2.39. The van der Waals surface area contributed by atoms with E-state index < -0.39 is 11.8 Å². The highest BCUT2D eigenvalue weighted by atomic mass is 19.1. The number of carboxylic acid groups (broad SMARTS) is 1. The average molecular weight is 262 g/mol. The molecule has 100 valence electrons. The molecule has 0 fully saturated rings. The van der Waals surface area contributed by atoms with Crippen molar-refractivity contribution in [1.29, 1.82) is 5.26 Å². The molecule has 0 unspecified atom stereocenters. The maximum Gasteiger partial charge on any atom is 0.328 e. The highest BCUT2D eigenvalue weighted by molar-refractivity contribution is 5.87. The van der Waals surface area contributed by atoms with E-state index in [-0.39, 0.29) is 6.42 Å². The van der Waals surface area contributed by atoms with Crippen molar-refractivity contribution in [3.8, 4) is 6.07 Å². The quantitative estimate of drug-likeness (QED) is 0.800. The minimum Gasteiger partial charge on any atom is -0.478 e. The second-order valence-corrected chi connectivity index (χ2v) is 3.84. The van der Waals surface area contributed by atoms with Crippen molar-refractivity contribution in [3.05, 3.63) is 35.7 Å². The molecule has 0 amide bonds. The molecular weight excluding hydrogens is 247 g/mol. The van der Waals surface area contributed by atoms with E-state index in [0.29, 0.717) is 24.3 Å². The predicted molar refractivity (Wildman–Crippen MR) is 71.2 cm³/mol. The van der Waals surface area contributed by atoms with Gasteiger partial charge in [0.05, 0.1) is 18.2 Å². The number of carboxylic acids is 1. The molecule has 4 nitrogen and oxygen atoms in total. The van der Waals surface area contributed by atoms with Gasteiger partial charge in [0, 0.05) is 24.7 Å². The molecule has 0 aromatic heterocycles. The summed E-state index contributed by atoms with van der Waals surface area (Å²) in [7, 11) is 0.